The van der Waals surface area contributed by atoms with E-state index in [1.165, 1.54) is 4.31 Å². The molecular formula is C11H24N2O3S2. The van der Waals surface area contributed by atoms with E-state index in [4.69, 9.17) is 5.11 Å². The van der Waals surface area contributed by atoms with Gasteiger partial charge < -0.3 is 5.11 Å². The van der Waals surface area contributed by atoms with Crippen LogP contribution in [0, 0.1) is 0 Å². The molecule has 0 bridgehead atoms. The number of hydrogen-bond donors (Lipinski definition) is 1. The fourth-order valence-corrected chi connectivity index (χ4v) is 4.45. The predicted octanol–water partition coefficient (Wildman–Crippen LogP) is 0.763. The van der Waals surface area contributed by atoms with Crippen molar-refractivity contribution in [3.05, 3.63) is 0 Å². The molecule has 0 saturated carbocycles. The zero-order valence-corrected chi connectivity index (χ0v) is 13.1. The van der Waals surface area contributed by atoms with Gasteiger partial charge in [-0.05, 0) is 12.8 Å². The fourth-order valence-electron chi connectivity index (χ4n) is 1.84. The Kier molecular flexibility index (Phi) is 5.92. The summed E-state index contributed by atoms with van der Waals surface area (Å²) in [6.07, 6.45) is 1.34. The lowest BCUT2D eigenvalue weighted by molar-refractivity contribution is 0.271. The highest BCUT2D eigenvalue weighted by Crippen LogP contribution is 2.31. The van der Waals surface area contributed by atoms with Gasteiger partial charge in [-0.1, -0.05) is 13.8 Å². The second-order valence-electron chi connectivity index (χ2n) is 5.16. The summed E-state index contributed by atoms with van der Waals surface area (Å²) in [5.41, 5.74) is 0. The van der Waals surface area contributed by atoms with E-state index in [1.54, 1.807) is 11.4 Å². The van der Waals surface area contributed by atoms with Crippen molar-refractivity contribution in [2.45, 2.75) is 31.4 Å². The van der Waals surface area contributed by atoms with Crippen molar-refractivity contribution >= 4 is 22.0 Å². The Morgan fingerprint density at radius 3 is 2.67 bits per heavy atom. The number of nitrogens with zero attached hydrogens (tertiary/aromatic N) is 2. The van der Waals surface area contributed by atoms with Crippen molar-refractivity contribution in [3.63, 3.8) is 0 Å². The molecule has 1 aliphatic heterocycles. The molecule has 0 aromatic heterocycles. The summed E-state index contributed by atoms with van der Waals surface area (Å²) in [6.45, 7) is 5.84. The third kappa shape index (κ3) is 4.38. The minimum absolute atomic E-state index is 0.0166. The van der Waals surface area contributed by atoms with Gasteiger partial charge in [0.25, 0.3) is 10.2 Å². The molecule has 108 valence electrons. The van der Waals surface area contributed by atoms with Crippen molar-refractivity contribution in [3.8, 4) is 0 Å². The molecule has 0 radical (unpaired) electrons. The highest BCUT2D eigenvalue weighted by molar-refractivity contribution is 8.00. The normalized spacial score (nSPS) is 22.1. The summed E-state index contributed by atoms with van der Waals surface area (Å²) in [5.74, 6) is 0.833. The van der Waals surface area contributed by atoms with Crippen LogP contribution in [0.25, 0.3) is 0 Å². The second-order valence-corrected chi connectivity index (χ2v) is 9.00. The lowest BCUT2D eigenvalue weighted by Gasteiger charge is -2.26. The molecule has 1 aliphatic rings. The zero-order valence-electron chi connectivity index (χ0n) is 11.4. The van der Waals surface area contributed by atoms with Gasteiger partial charge in [0, 0.05) is 43.8 Å². The SMILES string of the molecule is CN(CCCO)S(=O)(=O)N1CCSC(C)(C)CC1. The maximum absolute atomic E-state index is 12.3. The van der Waals surface area contributed by atoms with Gasteiger partial charge in [-0.25, -0.2) is 0 Å². The van der Waals surface area contributed by atoms with Crippen molar-refractivity contribution in [1.29, 1.82) is 0 Å². The van der Waals surface area contributed by atoms with Crippen molar-refractivity contribution in [2.24, 2.45) is 0 Å². The number of rotatable bonds is 5. The average Bonchev–Trinajstić information content (AvgIpc) is 2.47. The Morgan fingerprint density at radius 2 is 2.06 bits per heavy atom. The monoisotopic (exact) mass is 296 g/mol. The summed E-state index contributed by atoms with van der Waals surface area (Å²) in [7, 11) is -1.79. The lowest BCUT2D eigenvalue weighted by Crippen LogP contribution is -2.43. The Hall–Kier alpha value is 0.180. The van der Waals surface area contributed by atoms with Crippen LogP contribution in [0.3, 0.4) is 0 Å². The van der Waals surface area contributed by atoms with Gasteiger partial charge in [-0.3, -0.25) is 0 Å². The molecule has 1 rings (SSSR count). The molecule has 1 heterocycles. The molecule has 0 atom stereocenters. The topological polar surface area (TPSA) is 60.9 Å². The molecule has 0 aromatic rings. The van der Waals surface area contributed by atoms with Gasteiger partial charge in [0.15, 0.2) is 0 Å². The first kappa shape index (κ1) is 16.2. The quantitative estimate of drug-likeness (QED) is 0.814. The third-order valence-electron chi connectivity index (χ3n) is 3.15. The summed E-state index contributed by atoms with van der Waals surface area (Å²) in [4.78, 5) is 0. The van der Waals surface area contributed by atoms with Crippen LogP contribution in [0.15, 0.2) is 0 Å². The van der Waals surface area contributed by atoms with E-state index < -0.39 is 10.2 Å². The molecule has 5 nitrogen and oxygen atoms in total. The minimum Gasteiger partial charge on any atom is -0.396 e. The number of hydrogen-bond acceptors (Lipinski definition) is 4. The fraction of sp³-hybridized carbons (Fsp3) is 1.00. The highest BCUT2D eigenvalue weighted by Gasteiger charge is 2.31. The number of aliphatic hydroxyl groups is 1. The Morgan fingerprint density at radius 1 is 1.39 bits per heavy atom. The van der Waals surface area contributed by atoms with Gasteiger partial charge in [0.1, 0.15) is 0 Å². The molecule has 0 spiro atoms. The van der Waals surface area contributed by atoms with Crippen LogP contribution < -0.4 is 0 Å². The van der Waals surface area contributed by atoms with Crippen LogP contribution in [0.2, 0.25) is 0 Å². The molecular weight excluding hydrogens is 272 g/mol. The van der Waals surface area contributed by atoms with E-state index >= 15 is 0 Å². The molecule has 0 amide bonds. The lowest BCUT2D eigenvalue weighted by atomic mass is 10.1. The van der Waals surface area contributed by atoms with Crippen molar-refractivity contribution < 1.29 is 13.5 Å². The van der Waals surface area contributed by atoms with Gasteiger partial charge in [0.2, 0.25) is 0 Å². The van der Waals surface area contributed by atoms with Crippen LogP contribution in [-0.4, -0.2) is 65.9 Å². The van der Waals surface area contributed by atoms with Crippen molar-refractivity contribution in [1.82, 2.24) is 8.61 Å². The standard InChI is InChI=1S/C11H24N2O3S2/c1-11(2)5-7-13(8-10-17-11)18(15,16)12(3)6-4-9-14/h14H,4-10H2,1-3H3. The van der Waals surface area contributed by atoms with Gasteiger partial charge >= 0.3 is 0 Å². The second kappa shape index (κ2) is 6.56. The largest absolute Gasteiger partial charge is 0.396 e. The smallest absolute Gasteiger partial charge is 0.281 e. The molecule has 1 fully saturated rings. The van der Waals surface area contributed by atoms with Gasteiger partial charge in [-0.2, -0.15) is 28.8 Å². The molecule has 0 unspecified atom stereocenters. The van der Waals surface area contributed by atoms with Crippen LogP contribution in [0.4, 0.5) is 0 Å². The Labute approximate surface area is 115 Å². The van der Waals surface area contributed by atoms with E-state index in [0.717, 1.165) is 12.2 Å². The molecule has 7 heteroatoms. The Balaban J connectivity index is 2.67. The molecule has 0 aromatic carbocycles. The average molecular weight is 296 g/mol. The van der Waals surface area contributed by atoms with Crippen molar-refractivity contribution in [2.75, 3.05) is 39.0 Å². The first-order valence-corrected chi connectivity index (χ1v) is 8.64. The summed E-state index contributed by atoms with van der Waals surface area (Å²) >= 11 is 1.83. The van der Waals surface area contributed by atoms with Crippen LogP contribution in [0.5, 0.6) is 0 Å². The summed E-state index contributed by atoms with van der Waals surface area (Å²) in [6, 6.07) is 0. The highest BCUT2D eigenvalue weighted by atomic mass is 32.2. The number of thioether (sulfide) groups is 1. The zero-order chi connectivity index (χ0) is 13.8. The van der Waals surface area contributed by atoms with Gasteiger partial charge in [0.05, 0.1) is 0 Å². The van der Waals surface area contributed by atoms with E-state index in [-0.39, 0.29) is 11.4 Å². The maximum Gasteiger partial charge on any atom is 0.281 e. The maximum atomic E-state index is 12.3. The first-order valence-electron chi connectivity index (χ1n) is 6.26. The van der Waals surface area contributed by atoms with E-state index in [1.807, 2.05) is 11.8 Å². The van der Waals surface area contributed by atoms with Crippen LogP contribution in [-0.2, 0) is 10.2 Å². The van der Waals surface area contributed by atoms with E-state index in [9.17, 15) is 8.42 Å². The van der Waals surface area contributed by atoms with Gasteiger partial charge in [-0.15, -0.1) is 0 Å². The molecule has 0 aliphatic carbocycles. The van der Waals surface area contributed by atoms with Crippen LogP contribution in [0.1, 0.15) is 26.7 Å². The van der Waals surface area contributed by atoms with E-state index in [0.29, 0.717) is 26.1 Å². The molecule has 18 heavy (non-hydrogen) atoms. The summed E-state index contributed by atoms with van der Waals surface area (Å²) in [5, 5.41) is 8.77. The molecule has 1 saturated heterocycles. The summed E-state index contributed by atoms with van der Waals surface area (Å²) < 4.78 is 27.7. The Bertz CT molecular complexity index is 357. The van der Waals surface area contributed by atoms with Crippen LogP contribution >= 0.6 is 11.8 Å². The first-order chi connectivity index (χ1) is 8.29. The molecule has 1 N–H and O–H groups in total. The number of aliphatic hydroxyl groups excluding tert-OH is 1. The van der Waals surface area contributed by atoms with E-state index in [2.05, 4.69) is 13.8 Å². The third-order valence-corrected chi connectivity index (χ3v) is 6.51. The predicted molar refractivity (Wildman–Crippen MR) is 76.0 cm³/mol. The minimum atomic E-state index is -3.37.